The number of benzene rings is 2. The SMILES string of the molecule is CCCOC(=O)c1ccc(NC(=O)c2ccc(Cl)c(S(=O)(=O)N(C)OC)c2)cc1. The van der Waals surface area contributed by atoms with Crippen molar-refractivity contribution in [3.8, 4) is 0 Å². The molecule has 2 aromatic rings. The molecule has 0 aliphatic heterocycles. The summed E-state index contributed by atoms with van der Waals surface area (Å²) in [7, 11) is -1.61. The van der Waals surface area contributed by atoms with E-state index in [1.807, 2.05) is 6.92 Å². The van der Waals surface area contributed by atoms with Gasteiger partial charge >= 0.3 is 5.97 Å². The number of sulfonamides is 1. The summed E-state index contributed by atoms with van der Waals surface area (Å²) in [6.45, 7) is 2.23. The van der Waals surface area contributed by atoms with Gasteiger partial charge in [0.15, 0.2) is 0 Å². The normalized spacial score (nSPS) is 11.3. The Balaban J connectivity index is 2.19. The monoisotopic (exact) mass is 440 g/mol. The lowest BCUT2D eigenvalue weighted by molar-refractivity contribution is -0.0258. The summed E-state index contributed by atoms with van der Waals surface area (Å²) < 4.78 is 30.6. The van der Waals surface area contributed by atoms with Crippen LogP contribution in [-0.2, 0) is 19.6 Å². The van der Waals surface area contributed by atoms with Crippen molar-refractivity contribution in [2.75, 3.05) is 26.1 Å². The molecule has 2 rings (SSSR count). The first kappa shape index (κ1) is 22.8. The van der Waals surface area contributed by atoms with E-state index >= 15 is 0 Å². The molecular weight excluding hydrogens is 420 g/mol. The van der Waals surface area contributed by atoms with Gasteiger partial charge in [-0.3, -0.25) is 9.63 Å². The van der Waals surface area contributed by atoms with Crippen LogP contribution in [0.15, 0.2) is 47.4 Å². The Morgan fingerprint density at radius 1 is 1.10 bits per heavy atom. The van der Waals surface area contributed by atoms with E-state index in [1.165, 1.54) is 44.5 Å². The Morgan fingerprint density at radius 3 is 2.31 bits per heavy atom. The van der Waals surface area contributed by atoms with Crippen molar-refractivity contribution in [3.63, 3.8) is 0 Å². The molecule has 8 nitrogen and oxygen atoms in total. The maximum absolute atomic E-state index is 12.5. The van der Waals surface area contributed by atoms with E-state index in [1.54, 1.807) is 12.1 Å². The zero-order chi connectivity index (χ0) is 21.6. The largest absolute Gasteiger partial charge is 0.462 e. The number of hydroxylamine groups is 1. The van der Waals surface area contributed by atoms with Gasteiger partial charge < -0.3 is 10.1 Å². The minimum atomic E-state index is -4.02. The molecule has 0 unspecified atom stereocenters. The van der Waals surface area contributed by atoms with E-state index in [9.17, 15) is 18.0 Å². The van der Waals surface area contributed by atoms with E-state index in [0.717, 1.165) is 6.42 Å². The molecule has 29 heavy (non-hydrogen) atoms. The fourth-order valence-corrected chi connectivity index (χ4v) is 3.72. The topological polar surface area (TPSA) is 102 Å². The molecular formula is C19H21ClN2O6S. The number of rotatable bonds is 8. The van der Waals surface area contributed by atoms with Crippen molar-refractivity contribution in [2.45, 2.75) is 18.2 Å². The van der Waals surface area contributed by atoms with Gasteiger partial charge in [0.05, 0.1) is 24.3 Å². The number of anilines is 1. The van der Waals surface area contributed by atoms with Gasteiger partial charge in [0.1, 0.15) is 4.90 Å². The molecule has 0 spiro atoms. The molecule has 1 N–H and O–H groups in total. The Hall–Kier alpha value is -2.46. The van der Waals surface area contributed by atoms with Crippen molar-refractivity contribution < 1.29 is 27.6 Å². The molecule has 0 bridgehead atoms. The standard InChI is InChI=1S/C19H21ClN2O6S/c1-4-11-28-19(24)13-5-8-15(9-6-13)21-18(23)14-7-10-16(20)17(12-14)29(25,26)22(2)27-3/h5-10,12H,4,11H2,1-3H3,(H,21,23). The first-order valence-corrected chi connectivity index (χ1v) is 10.4. The van der Waals surface area contributed by atoms with Gasteiger partial charge in [0, 0.05) is 18.3 Å². The molecule has 156 valence electrons. The van der Waals surface area contributed by atoms with Crippen LogP contribution >= 0.6 is 11.6 Å². The highest BCUT2D eigenvalue weighted by atomic mass is 35.5. The second-order valence-electron chi connectivity index (χ2n) is 5.91. The van der Waals surface area contributed by atoms with Crippen molar-refractivity contribution >= 4 is 39.2 Å². The van der Waals surface area contributed by atoms with Crippen LogP contribution < -0.4 is 5.32 Å². The Kier molecular flexibility index (Phi) is 7.74. The number of hydrogen-bond acceptors (Lipinski definition) is 6. The number of esters is 1. The second kappa shape index (κ2) is 9.84. The van der Waals surface area contributed by atoms with Crippen molar-refractivity contribution in [1.29, 1.82) is 0 Å². The highest BCUT2D eigenvalue weighted by Gasteiger charge is 2.25. The third kappa shape index (κ3) is 5.54. The summed E-state index contributed by atoms with van der Waals surface area (Å²) in [5.41, 5.74) is 0.873. The van der Waals surface area contributed by atoms with E-state index in [0.29, 0.717) is 22.3 Å². The summed E-state index contributed by atoms with van der Waals surface area (Å²) in [5.74, 6) is -0.987. The van der Waals surface area contributed by atoms with Crippen LogP contribution in [0.4, 0.5) is 5.69 Å². The van der Waals surface area contributed by atoms with Gasteiger partial charge in [-0.2, -0.15) is 0 Å². The first-order valence-electron chi connectivity index (χ1n) is 8.61. The quantitative estimate of drug-likeness (QED) is 0.499. The van der Waals surface area contributed by atoms with Gasteiger partial charge in [-0.1, -0.05) is 23.0 Å². The summed E-state index contributed by atoms with van der Waals surface area (Å²) in [4.78, 5) is 28.8. The number of hydrogen-bond donors (Lipinski definition) is 1. The van der Waals surface area contributed by atoms with Crippen LogP contribution in [-0.4, -0.2) is 45.5 Å². The van der Waals surface area contributed by atoms with Crippen molar-refractivity contribution in [1.82, 2.24) is 4.47 Å². The fraction of sp³-hybridized carbons (Fsp3) is 0.263. The van der Waals surface area contributed by atoms with E-state index < -0.39 is 21.9 Å². The molecule has 0 saturated carbocycles. The van der Waals surface area contributed by atoms with E-state index in [2.05, 4.69) is 5.32 Å². The molecule has 1 amide bonds. The number of carbonyl (C=O) groups excluding carboxylic acids is 2. The average molecular weight is 441 g/mol. The molecule has 2 aromatic carbocycles. The number of nitrogens with one attached hydrogen (secondary N) is 1. The minimum Gasteiger partial charge on any atom is -0.462 e. The predicted octanol–water partition coefficient (Wildman–Crippen LogP) is 3.34. The number of carbonyl (C=O) groups is 2. The van der Waals surface area contributed by atoms with E-state index in [4.69, 9.17) is 21.2 Å². The molecule has 0 aromatic heterocycles. The van der Waals surface area contributed by atoms with Gasteiger partial charge in [0.25, 0.3) is 15.9 Å². The van der Waals surface area contributed by atoms with Crippen LogP contribution in [0.1, 0.15) is 34.1 Å². The number of halogens is 1. The number of amides is 1. The Labute approximate surface area is 174 Å². The molecule has 0 heterocycles. The molecule has 0 fully saturated rings. The highest BCUT2D eigenvalue weighted by molar-refractivity contribution is 7.89. The fourth-order valence-electron chi connectivity index (χ4n) is 2.25. The molecule has 0 atom stereocenters. The summed E-state index contributed by atoms with van der Waals surface area (Å²) in [6, 6.07) is 10.0. The van der Waals surface area contributed by atoms with Crippen molar-refractivity contribution in [2.24, 2.45) is 0 Å². The van der Waals surface area contributed by atoms with Crippen molar-refractivity contribution in [3.05, 3.63) is 58.6 Å². The average Bonchev–Trinajstić information content (AvgIpc) is 2.71. The van der Waals surface area contributed by atoms with Gasteiger partial charge in [-0.25, -0.2) is 13.2 Å². The molecule has 0 aliphatic carbocycles. The zero-order valence-electron chi connectivity index (χ0n) is 16.1. The highest BCUT2D eigenvalue weighted by Crippen LogP contribution is 2.26. The molecule has 0 aliphatic rings. The van der Waals surface area contributed by atoms with Crippen LogP contribution in [0.5, 0.6) is 0 Å². The third-order valence-corrected chi connectivity index (χ3v) is 6.04. The maximum atomic E-state index is 12.5. The van der Waals surface area contributed by atoms with Crippen LogP contribution in [0.2, 0.25) is 5.02 Å². The predicted molar refractivity (Wildman–Crippen MR) is 108 cm³/mol. The summed E-state index contributed by atoms with van der Waals surface area (Å²) in [5, 5.41) is 2.59. The second-order valence-corrected chi connectivity index (χ2v) is 8.22. The van der Waals surface area contributed by atoms with Gasteiger partial charge in [-0.05, 0) is 48.9 Å². The summed E-state index contributed by atoms with van der Waals surface area (Å²) in [6.07, 6.45) is 0.721. The number of ether oxygens (including phenoxy) is 1. The Morgan fingerprint density at radius 2 is 1.72 bits per heavy atom. The number of nitrogens with zero attached hydrogens (tertiary/aromatic N) is 1. The lowest BCUT2D eigenvalue weighted by atomic mass is 10.2. The van der Waals surface area contributed by atoms with Crippen LogP contribution in [0.25, 0.3) is 0 Å². The van der Waals surface area contributed by atoms with Gasteiger partial charge in [-0.15, -0.1) is 0 Å². The molecule has 0 radical (unpaired) electrons. The third-order valence-electron chi connectivity index (χ3n) is 3.88. The summed E-state index contributed by atoms with van der Waals surface area (Å²) >= 11 is 5.99. The minimum absolute atomic E-state index is 0.0413. The molecule has 10 heteroatoms. The lowest BCUT2D eigenvalue weighted by Gasteiger charge is -2.16. The van der Waals surface area contributed by atoms with Crippen LogP contribution in [0, 0.1) is 0 Å². The maximum Gasteiger partial charge on any atom is 0.338 e. The zero-order valence-corrected chi connectivity index (χ0v) is 17.7. The molecule has 0 saturated heterocycles. The van der Waals surface area contributed by atoms with Gasteiger partial charge in [0.2, 0.25) is 0 Å². The first-order chi connectivity index (χ1) is 13.7. The van der Waals surface area contributed by atoms with Crippen LogP contribution in [0.3, 0.4) is 0 Å². The smallest absolute Gasteiger partial charge is 0.338 e. The van der Waals surface area contributed by atoms with E-state index in [-0.39, 0.29) is 15.5 Å². The Bertz CT molecular complexity index is 992. The lowest BCUT2D eigenvalue weighted by Crippen LogP contribution is -2.26.